The predicted octanol–water partition coefficient (Wildman–Crippen LogP) is 2.71. The van der Waals surface area contributed by atoms with E-state index in [4.69, 9.17) is 5.73 Å². The lowest BCUT2D eigenvalue weighted by atomic mass is 10.3. The number of hydrogen-bond donors (Lipinski definition) is 1. The molecule has 0 aliphatic heterocycles. The number of sulfonamides is 1. The molecular weight excluding hydrogens is 280 g/mol. The molecule has 1 heterocycles. The lowest BCUT2D eigenvalue weighted by Gasteiger charge is -2.23. The van der Waals surface area contributed by atoms with Gasteiger partial charge in [0.25, 0.3) is 0 Å². The number of nitrogen functional groups attached to an aromatic ring is 1. The number of nitrogens with two attached hydrogens (primary N) is 1. The summed E-state index contributed by atoms with van der Waals surface area (Å²) in [5.74, 6) is 0. The zero-order chi connectivity index (χ0) is 14.0. The van der Waals surface area contributed by atoms with Crippen molar-refractivity contribution in [2.45, 2.75) is 17.9 Å². The molecule has 6 heteroatoms. The number of benzene rings is 1. The van der Waals surface area contributed by atoms with Crippen LogP contribution in [-0.4, -0.2) is 19.8 Å². The lowest BCUT2D eigenvalue weighted by Crippen LogP contribution is -2.29. The van der Waals surface area contributed by atoms with Gasteiger partial charge in [0.15, 0.2) is 0 Å². The molecule has 0 saturated heterocycles. The predicted molar refractivity (Wildman–Crippen MR) is 78.5 cm³/mol. The van der Waals surface area contributed by atoms with Gasteiger partial charge in [-0.3, -0.25) is 0 Å². The largest absolute Gasteiger partial charge is 0.399 e. The maximum absolute atomic E-state index is 12.5. The topological polar surface area (TPSA) is 63.4 Å². The van der Waals surface area contributed by atoms with Gasteiger partial charge in [-0.15, -0.1) is 11.3 Å². The van der Waals surface area contributed by atoms with Gasteiger partial charge in [0.2, 0.25) is 10.0 Å². The van der Waals surface area contributed by atoms with E-state index in [2.05, 4.69) is 0 Å². The van der Waals surface area contributed by atoms with E-state index in [-0.39, 0.29) is 10.9 Å². The van der Waals surface area contributed by atoms with E-state index < -0.39 is 10.0 Å². The van der Waals surface area contributed by atoms with E-state index in [1.807, 2.05) is 24.4 Å². The third-order valence-electron chi connectivity index (χ3n) is 3.06. The Labute approximate surface area is 117 Å². The fourth-order valence-electron chi connectivity index (χ4n) is 1.72. The molecule has 0 amide bonds. The van der Waals surface area contributed by atoms with Crippen LogP contribution in [0.25, 0.3) is 0 Å². The van der Waals surface area contributed by atoms with Gasteiger partial charge in [-0.2, -0.15) is 4.31 Å². The Morgan fingerprint density at radius 2 is 1.84 bits per heavy atom. The summed E-state index contributed by atoms with van der Waals surface area (Å²) in [6, 6.07) is 9.91. The zero-order valence-electron chi connectivity index (χ0n) is 10.8. The molecule has 0 fully saturated rings. The van der Waals surface area contributed by atoms with Crippen LogP contribution in [0.3, 0.4) is 0 Å². The van der Waals surface area contributed by atoms with E-state index in [9.17, 15) is 8.42 Å². The maximum atomic E-state index is 12.5. The van der Waals surface area contributed by atoms with Crippen molar-refractivity contribution in [3.8, 4) is 0 Å². The number of nitrogens with zero attached hydrogens (tertiary/aromatic N) is 1. The average Bonchev–Trinajstić information content (AvgIpc) is 2.91. The second kappa shape index (κ2) is 5.32. The molecule has 4 nitrogen and oxygen atoms in total. The van der Waals surface area contributed by atoms with Crippen LogP contribution in [0.1, 0.15) is 17.8 Å². The highest BCUT2D eigenvalue weighted by molar-refractivity contribution is 7.89. The second-order valence-electron chi connectivity index (χ2n) is 4.28. The quantitative estimate of drug-likeness (QED) is 0.882. The first-order valence-corrected chi connectivity index (χ1v) is 8.12. The Balaban J connectivity index is 2.31. The van der Waals surface area contributed by atoms with Crippen molar-refractivity contribution < 1.29 is 8.42 Å². The third-order valence-corrected chi connectivity index (χ3v) is 6.04. The van der Waals surface area contributed by atoms with Crippen molar-refractivity contribution >= 4 is 27.0 Å². The molecule has 2 N–H and O–H groups in total. The number of hydrogen-bond acceptors (Lipinski definition) is 4. The molecule has 0 aliphatic carbocycles. The summed E-state index contributed by atoms with van der Waals surface area (Å²) in [5, 5.41) is 1.94. The van der Waals surface area contributed by atoms with Gasteiger partial charge in [0, 0.05) is 17.6 Å². The van der Waals surface area contributed by atoms with Crippen molar-refractivity contribution in [1.29, 1.82) is 0 Å². The number of rotatable bonds is 4. The zero-order valence-corrected chi connectivity index (χ0v) is 12.4. The van der Waals surface area contributed by atoms with Crippen molar-refractivity contribution in [3.63, 3.8) is 0 Å². The van der Waals surface area contributed by atoms with E-state index in [0.717, 1.165) is 4.88 Å². The molecular formula is C13H16N2O2S2. The standard InChI is InChI=1S/C13H16N2O2S2/c1-10(13-4-3-9-18-13)15(2)19(16,17)12-7-5-11(14)6-8-12/h3-10H,14H2,1-2H3. The molecule has 0 radical (unpaired) electrons. The average molecular weight is 296 g/mol. The lowest BCUT2D eigenvalue weighted by molar-refractivity contribution is 0.403. The van der Waals surface area contributed by atoms with Crippen LogP contribution < -0.4 is 5.73 Å². The van der Waals surface area contributed by atoms with Crippen LogP contribution >= 0.6 is 11.3 Å². The third kappa shape index (κ3) is 2.80. The molecule has 0 saturated carbocycles. The van der Waals surface area contributed by atoms with E-state index in [1.165, 1.54) is 16.4 Å². The smallest absolute Gasteiger partial charge is 0.243 e. The highest BCUT2D eigenvalue weighted by Gasteiger charge is 2.26. The van der Waals surface area contributed by atoms with Crippen LogP contribution in [0.4, 0.5) is 5.69 Å². The minimum Gasteiger partial charge on any atom is -0.399 e. The summed E-state index contributed by atoms with van der Waals surface area (Å²) >= 11 is 1.55. The highest BCUT2D eigenvalue weighted by atomic mass is 32.2. The molecule has 19 heavy (non-hydrogen) atoms. The maximum Gasteiger partial charge on any atom is 0.243 e. The molecule has 1 unspecified atom stereocenters. The Morgan fingerprint density at radius 3 is 2.37 bits per heavy atom. The van der Waals surface area contributed by atoms with Gasteiger partial charge < -0.3 is 5.73 Å². The summed E-state index contributed by atoms with van der Waals surface area (Å²) in [4.78, 5) is 1.27. The molecule has 2 aromatic rings. The van der Waals surface area contributed by atoms with Crippen molar-refractivity contribution in [2.24, 2.45) is 0 Å². The molecule has 0 spiro atoms. The fraction of sp³-hybridized carbons (Fsp3) is 0.231. The van der Waals surface area contributed by atoms with Gasteiger partial charge in [0.05, 0.1) is 10.9 Å². The monoisotopic (exact) mass is 296 g/mol. The molecule has 0 bridgehead atoms. The molecule has 1 atom stereocenters. The number of anilines is 1. The van der Waals surface area contributed by atoms with Crippen LogP contribution in [0.15, 0.2) is 46.7 Å². The molecule has 0 aliphatic rings. The van der Waals surface area contributed by atoms with Crippen LogP contribution in [-0.2, 0) is 10.0 Å². The fourth-order valence-corrected chi connectivity index (χ4v) is 3.96. The van der Waals surface area contributed by atoms with Crippen molar-refractivity contribution in [1.82, 2.24) is 4.31 Å². The Kier molecular flexibility index (Phi) is 3.93. The molecule has 2 rings (SSSR count). The highest BCUT2D eigenvalue weighted by Crippen LogP contribution is 2.28. The molecule has 1 aromatic carbocycles. The van der Waals surface area contributed by atoms with Gasteiger partial charge in [-0.1, -0.05) is 6.07 Å². The Hall–Kier alpha value is -1.37. The van der Waals surface area contributed by atoms with Gasteiger partial charge in [0.1, 0.15) is 0 Å². The van der Waals surface area contributed by atoms with Gasteiger partial charge in [-0.05, 0) is 42.6 Å². The summed E-state index contributed by atoms with van der Waals surface area (Å²) < 4.78 is 26.3. The van der Waals surface area contributed by atoms with Crippen LogP contribution in [0.2, 0.25) is 0 Å². The SMILES string of the molecule is CC(c1cccs1)N(C)S(=O)(=O)c1ccc(N)cc1. The normalized spacial score (nSPS) is 13.6. The van der Waals surface area contributed by atoms with Gasteiger partial charge >= 0.3 is 0 Å². The van der Waals surface area contributed by atoms with E-state index in [1.54, 1.807) is 30.5 Å². The molecule has 1 aromatic heterocycles. The summed E-state index contributed by atoms with van der Waals surface area (Å²) in [5.41, 5.74) is 6.13. The first kappa shape index (κ1) is 14.0. The molecule has 102 valence electrons. The second-order valence-corrected chi connectivity index (χ2v) is 7.26. The minimum atomic E-state index is -3.50. The van der Waals surface area contributed by atoms with E-state index >= 15 is 0 Å². The van der Waals surface area contributed by atoms with Gasteiger partial charge in [-0.25, -0.2) is 8.42 Å². The number of thiophene rings is 1. The summed E-state index contributed by atoms with van der Waals surface area (Å²) in [7, 11) is -1.90. The van der Waals surface area contributed by atoms with Crippen LogP contribution in [0.5, 0.6) is 0 Å². The van der Waals surface area contributed by atoms with Crippen LogP contribution in [0, 0.1) is 0 Å². The first-order chi connectivity index (χ1) is 8.93. The summed E-state index contributed by atoms with van der Waals surface area (Å²) in [6.45, 7) is 1.88. The summed E-state index contributed by atoms with van der Waals surface area (Å²) in [6.07, 6.45) is 0. The first-order valence-electron chi connectivity index (χ1n) is 5.80. The van der Waals surface area contributed by atoms with Crippen molar-refractivity contribution in [2.75, 3.05) is 12.8 Å². The minimum absolute atomic E-state index is 0.192. The Morgan fingerprint density at radius 1 is 1.21 bits per heavy atom. The van der Waals surface area contributed by atoms with Crippen molar-refractivity contribution in [3.05, 3.63) is 46.7 Å². The Bertz CT molecular complexity index is 634. The van der Waals surface area contributed by atoms with E-state index in [0.29, 0.717) is 5.69 Å².